The number of sulfonamides is 1. The zero-order valence-corrected chi connectivity index (χ0v) is 14.7. The first kappa shape index (κ1) is 19.0. The fourth-order valence-electron chi connectivity index (χ4n) is 1.89. The lowest BCUT2D eigenvalue weighted by molar-refractivity contribution is 0.310. The van der Waals surface area contributed by atoms with Gasteiger partial charge >= 0.3 is 0 Å². The van der Waals surface area contributed by atoms with Crippen LogP contribution in [0.1, 0.15) is 18.9 Å². The maximum absolute atomic E-state index is 10.9. The number of methoxy groups -OCH3 is 1. The summed E-state index contributed by atoms with van der Waals surface area (Å²) in [6.07, 6.45) is 1.85. The van der Waals surface area contributed by atoms with Crippen molar-refractivity contribution in [1.82, 2.24) is 10.0 Å². The molecule has 0 unspecified atom stereocenters. The maximum Gasteiger partial charge on any atom is 0.208 e. The van der Waals surface area contributed by atoms with E-state index in [1.165, 1.54) is 0 Å². The van der Waals surface area contributed by atoms with Crippen LogP contribution < -0.4 is 19.5 Å². The second-order valence-electron chi connectivity index (χ2n) is 4.74. The van der Waals surface area contributed by atoms with Crippen molar-refractivity contribution in [3.05, 3.63) is 22.7 Å². The van der Waals surface area contributed by atoms with Gasteiger partial charge in [0.05, 0.1) is 25.0 Å². The molecule has 8 heteroatoms. The van der Waals surface area contributed by atoms with E-state index in [1.807, 2.05) is 19.1 Å². The topological polar surface area (TPSA) is 76.7 Å². The van der Waals surface area contributed by atoms with E-state index in [0.717, 1.165) is 11.8 Å². The highest BCUT2D eigenvalue weighted by molar-refractivity contribution is 7.88. The van der Waals surface area contributed by atoms with E-state index >= 15 is 0 Å². The highest BCUT2D eigenvalue weighted by Crippen LogP contribution is 2.36. The molecule has 0 saturated carbocycles. The summed E-state index contributed by atoms with van der Waals surface area (Å²) in [6, 6.07) is 3.71. The van der Waals surface area contributed by atoms with Gasteiger partial charge < -0.3 is 14.8 Å². The van der Waals surface area contributed by atoms with Gasteiger partial charge in [0.2, 0.25) is 10.0 Å². The molecule has 0 bridgehead atoms. The Kier molecular flexibility index (Phi) is 7.95. The van der Waals surface area contributed by atoms with Crippen molar-refractivity contribution >= 4 is 21.6 Å². The van der Waals surface area contributed by atoms with Crippen LogP contribution in [0, 0.1) is 0 Å². The predicted molar refractivity (Wildman–Crippen MR) is 88.3 cm³/mol. The van der Waals surface area contributed by atoms with Gasteiger partial charge in [-0.05, 0) is 37.6 Å². The maximum atomic E-state index is 10.9. The number of benzene rings is 1. The molecule has 1 aromatic carbocycles. The highest BCUT2D eigenvalue weighted by Gasteiger charge is 2.11. The van der Waals surface area contributed by atoms with Crippen molar-refractivity contribution in [2.24, 2.45) is 0 Å². The Labute approximate surface area is 137 Å². The van der Waals surface area contributed by atoms with E-state index < -0.39 is 10.0 Å². The Bertz CT molecular complexity index is 578. The van der Waals surface area contributed by atoms with Crippen LogP contribution >= 0.6 is 11.6 Å². The van der Waals surface area contributed by atoms with Gasteiger partial charge in [-0.3, -0.25) is 0 Å². The zero-order chi connectivity index (χ0) is 16.6. The summed E-state index contributed by atoms with van der Waals surface area (Å²) < 4.78 is 35.0. The van der Waals surface area contributed by atoms with Crippen LogP contribution in [0.3, 0.4) is 0 Å². The minimum atomic E-state index is -3.11. The molecule has 0 aromatic heterocycles. The third-order valence-corrected chi connectivity index (χ3v) is 3.81. The van der Waals surface area contributed by atoms with Crippen molar-refractivity contribution < 1.29 is 17.9 Å². The molecule has 0 amide bonds. The van der Waals surface area contributed by atoms with E-state index in [4.69, 9.17) is 21.1 Å². The van der Waals surface area contributed by atoms with Gasteiger partial charge in [0.15, 0.2) is 11.5 Å². The number of rotatable bonds is 10. The molecule has 2 N–H and O–H groups in total. The average Bonchev–Trinajstić information content (AvgIpc) is 2.42. The van der Waals surface area contributed by atoms with E-state index in [9.17, 15) is 8.42 Å². The minimum absolute atomic E-state index is 0.416. The van der Waals surface area contributed by atoms with E-state index in [-0.39, 0.29) is 0 Å². The van der Waals surface area contributed by atoms with Crippen LogP contribution in [-0.2, 0) is 16.6 Å². The molecule has 0 radical (unpaired) electrons. The van der Waals surface area contributed by atoms with Crippen LogP contribution in [0.4, 0.5) is 0 Å². The normalized spacial score (nSPS) is 11.5. The lowest BCUT2D eigenvalue weighted by Gasteiger charge is -2.13. The number of nitrogens with one attached hydrogen (secondary N) is 2. The van der Waals surface area contributed by atoms with Crippen molar-refractivity contribution in [3.8, 4) is 11.5 Å². The smallest absolute Gasteiger partial charge is 0.208 e. The largest absolute Gasteiger partial charge is 0.491 e. The van der Waals surface area contributed by atoms with Crippen molar-refractivity contribution in [3.63, 3.8) is 0 Å². The second kappa shape index (κ2) is 9.19. The van der Waals surface area contributed by atoms with Crippen molar-refractivity contribution in [1.29, 1.82) is 0 Å². The van der Waals surface area contributed by atoms with Gasteiger partial charge in [0.25, 0.3) is 0 Å². The first-order valence-electron chi connectivity index (χ1n) is 7.02. The number of halogens is 1. The monoisotopic (exact) mass is 350 g/mol. The van der Waals surface area contributed by atoms with Gasteiger partial charge in [0, 0.05) is 13.1 Å². The standard InChI is InChI=1S/C14H23ClN2O4S/c1-4-21-13-9-11(8-12(15)14(13)20-2)10-16-6-5-7-17-22(3,18)19/h8-9,16-17H,4-7,10H2,1-3H3. The van der Waals surface area contributed by atoms with E-state index in [0.29, 0.717) is 49.2 Å². The Morgan fingerprint density at radius 1 is 1.27 bits per heavy atom. The summed E-state index contributed by atoms with van der Waals surface area (Å²) in [5.74, 6) is 1.15. The third kappa shape index (κ3) is 6.83. The molecule has 22 heavy (non-hydrogen) atoms. The Morgan fingerprint density at radius 3 is 2.59 bits per heavy atom. The number of hydrogen-bond donors (Lipinski definition) is 2. The van der Waals surface area contributed by atoms with Crippen molar-refractivity contribution in [2.75, 3.05) is 33.1 Å². The average molecular weight is 351 g/mol. The summed E-state index contributed by atoms with van der Waals surface area (Å²) in [4.78, 5) is 0. The Balaban J connectivity index is 2.49. The number of hydrogen-bond acceptors (Lipinski definition) is 5. The summed E-state index contributed by atoms with van der Waals surface area (Å²) in [6.45, 7) is 4.14. The van der Waals surface area contributed by atoms with Gasteiger partial charge in [-0.1, -0.05) is 11.6 Å². The van der Waals surface area contributed by atoms with Gasteiger partial charge in [-0.25, -0.2) is 13.1 Å². The fraction of sp³-hybridized carbons (Fsp3) is 0.571. The Morgan fingerprint density at radius 2 is 2.00 bits per heavy atom. The molecule has 0 heterocycles. The summed E-state index contributed by atoms with van der Waals surface area (Å²) in [7, 11) is -1.56. The van der Waals surface area contributed by atoms with Crippen LogP contribution in [0.2, 0.25) is 5.02 Å². The van der Waals surface area contributed by atoms with E-state index in [1.54, 1.807) is 7.11 Å². The quantitative estimate of drug-likeness (QED) is 0.629. The molecule has 0 spiro atoms. The lowest BCUT2D eigenvalue weighted by atomic mass is 10.2. The molecule has 0 saturated heterocycles. The molecule has 0 fully saturated rings. The van der Waals surface area contributed by atoms with Crippen LogP contribution in [0.5, 0.6) is 11.5 Å². The molecule has 0 aliphatic carbocycles. The molecular weight excluding hydrogens is 328 g/mol. The zero-order valence-electron chi connectivity index (χ0n) is 13.1. The highest BCUT2D eigenvalue weighted by atomic mass is 35.5. The SMILES string of the molecule is CCOc1cc(CNCCCNS(C)(=O)=O)cc(Cl)c1OC. The molecule has 0 atom stereocenters. The van der Waals surface area contributed by atoms with Crippen molar-refractivity contribution in [2.45, 2.75) is 19.9 Å². The molecule has 0 aliphatic rings. The molecule has 6 nitrogen and oxygen atoms in total. The summed E-state index contributed by atoms with van der Waals surface area (Å²) in [5, 5.41) is 3.74. The van der Waals surface area contributed by atoms with Crippen LogP contribution in [0.15, 0.2) is 12.1 Å². The molecular formula is C14H23ClN2O4S. The van der Waals surface area contributed by atoms with Gasteiger partial charge in [-0.15, -0.1) is 0 Å². The molecule has 126 valence electrons. The predicted octanol–water partition coefficient (Wildman–Crippen LogP) is 1.78. The first-order valence-corrected chi connectivity index (χ1v) is 9.29. The van der Waals surface area contributed by atoms with E-state index in [2.05, 4.69) is 10.0 Å². The van der Waals surface area contributed by atoms with Gasteiger partial charge in [0.1, 0.15) is 0 Å². The van der Waals surface area contributed by atoms with Crippen LogP contribution in [-0.4, -0.2) is 41.5 Å². The summed E-state index contributed by atoms with van der Waals surface area (Å²) >= 11 is 6.17. The number of ether oxygens (including phenoxy) is 2. The minimum Gasteiger partial charge on any atom is -0.491 e. The fourth-order valence-corrected chi connectivity index (χ4v) is 2.71. The first-order chi connectivity index (χ1) is 10.4. The van der Waals surface area contributed by atoms with Gasteiger partial charge in [-0.2, -0.15) is 0 Å². The molecule has 0 aliphatic heterocycles. The van der Waals surface area contributed by atoms with Crippen LogP contribution in [0.25, 0.3) is 0 Å². The third-order valence-electron chi connectivity index (χ3n) is 2.80. The molecule has 1 rings (SSSR count). The lowest BCUT2D eigenvalue weighted by Crippen LogP contribution is -2.26. The Hall–Kier alpha value is -1.02. The molecule has 1 aromatic rings. The summed E-state index contributed by atoms with van der Waals surface area (Å²) in [5.41, 5.74) is 0.977. The second-order valence-corrected chi connectivity index (χ2v) is 6.98.